The van der Waals surface area contributed by atoms with E-state index in [0.29, 0.717) is 6.04 Å². The minimum absolute atomic E-state index is 0.458. The first-order chi connectivity index (χ1) is 9.38. The highest BCUT2D eigenvalue weighted by Gasteiger charge is 2.10. The molecule has 0 aliphatic carbocycles. The van der Waals surface area contributed by atoms with E-state index in [1.807, 2.05) is 30.5 Å². The molecule has 0 radical (unpaired) electrons. The highest BCUT2D eigenvalue weighted by molar-refractivity contribution is 5.06. The lowest BCUT2D eigenvalue weighted by Gasteiger charge is -2.17. The van der Waals surface area contributed by atoms with E-state index in [2.05, 4.69) is 23.3 Å². The van der Waals surface area contributed by atoms with Crippen molar-refractivity contribution < 1.29 is 4.42 Å². The number of hydrogen-bond acceptors (Lipinski definition) is 3. The smallest absolute Gasteiger partial charge is 0.103 e. The van der Waals surface area contributed by atoms with Gasteiger partial charge in [-0.2, -0.15) is 0 Å². The number of aryl methyl sites for hydroxylation is 1. The molecule has 0 amide bonds. The zero-order valence-electron chi connectivity index (χ0n) is 11.5. The summed E-state index contributed by atoms with van der Waals surface area (Å²) in [5.74, 6) is 1.06. The predicted molar refractivity (Wildman–Crippen MR) is 77.1 cm³/mol. The maximum atomic E-state index is 5.40. The topological polar surface area (TPSA) is 38.1 Å². The van der Waals surface area contributed by atoms with E-state index in [9.17, 15) is 0 Å². The highest BCUT2D eigenvalue weighted by atomic mass is 16.3. The highest BCUT2D eigenvalue weighted by Crippen LogP contribution is 2.09. The zero-order valence-corrected chi connectivity index (χ0v) is 11.5. The Labute approximate surface area is 115 Å². The van der Waals surface area contributed by atoms with Crippen molar-refractivity contribution in [2.24, 2.45) is 0 Å². The van der Waals surface area contributed by atoms with Crippen LogP contribution in [0.4, 0.5) is 0 Å². The standard InChI is InChI=1S/C16H22N2O/c1-2-10-17-15(8-9-16-7-5-12-19-16)13-14-6-3-4-11-18-14/h3-7,11-12,15,17H,2,8-10,13H2,1H3. The van der Waals surface area contributed by atoms with Gasteiger partial charge in [-0.3, -0.25) is 4.98 Å². The SMILES string of the molecule is CCCNC(CCc1ccco1)Cc1ccccn1. The molecule has 1 N–H and O–H groups in total. The van der Waals surface area contributed by atoms with Crippen LogP contribution in [0.3, 0.4) is 0 Å². The van der Waals surface area contributed by atoms with Crippen LogP contribution in [-0.4, -0.2) is 17.6 Å². The summed E-state index contributed by atoms with van der Waals surface area (Å²) >= 11 is 0. The molecule has 0 aromatic carbocycles. The zero-order chi connectivity index (χ0) is 13.3. The van der Waals surface area contributed by atoms with E-state index >= 15 is 0 Å². The number of nitrogens with zero attached hydrogens (tertiary/aromatic N) is 1. The Morgan fingerprint density at radius 2 is 2.21 bits per heavy atom. The number of hydrogen-bond donors (Lipinski definition) is 1. The molecule has 0 fully saturated rings. The predicted octanol–water partition coefficient (Wildman–Crippen LogP) is 3.22. The molecule has 1 unspecified atom stereocenters. The third kappa shape index (κ3) is 4.87. The van der Waals surface area contributed by atoms with Crippen molar-refractivity contribution in [3.63, 3.8) is 0 Å². The van der Waals surface area contributed by atoms with E-state index in [0.717, 1.165) is 43.7 Å². The average Bonchev–Trinajstić information content (AvgIpc) is 2.96. The quantitative estimate of drug-likeness (QED) is 0.790. The molecule has 102 valence electrons. The Kier molecular flexibility index (Phi) is 5.63. The summed E-state index contributed by atoms with van der Waals surface area (Å²) in [5, 5.41) is 3.60. The normalized spacial score (nSPS) is 12.5. The first-order valence-corrected chi connectivity index (χ1v) is 7.04. The van der Waals surface area contributed by atoms with Gasteiger partial charge in [0, 0.05) is 30.8 Å². The van der Waals surface area contributed by atoms with Crippen LogP contribution >= 0.6 is 0 Å². The van der Waals surface area contributed by atoms with Gasteiger partial charge in [0.2, 0.25) is 0 Å². The largest absolute Gasteiger partial charge is 0.469 e. The van der Waals surface area contributed by atoms with Gasteiger partial charge < -0.3 is 9.73 Å². The fourth-order valence-corrected chi connectivity index (χ4v) is 2.17. The minimum Gasteiger partial charge on any atom is -0.469 e. The lowest BCUT2D eigenvalue weighted by atomic mass is 10.0. The summed E-state index contributed by atoms with van der Waals surface area (Å²) < 4.78 is 5.40. The minimum atomic E-state index is 0.458. The summed E-state index contributed by atoms with van der Waals surface area (Å²) in [7, 11) is 0. The molecule has 2 rings (SSSR count). The van der Waals surface area contributed by atoms with Gasteiger partial charge in [0.1, 0.15) is 5.76 Å². The average molecular weight is 258 g/mol. The summed E-state index contributed by atoms with van der Waals surface area (Å²) in [4.78, 5) is 4.41. The van der Waals surface area contributed by atoms with E-state index in [4.69, 9.17) is 4.42 Å². The van der Waals surface area contributed by atoms with Crippen molar-refractivity contribution in [1.29, 1.82) is 0 Å². The molecule has 0 aliphatic rings. The Bertz CT molecular complexity index is 439. The van der Waals surface area contributed by atoms with Gasteiger partial charge in [-0.15, -0.1) is 0 Å². The van der Waals surface area contributed by atoms with E-state index in [-0.39, 0.29) is 0 Å². The van der Waals surface area contributed by atoms with Crippen LogP contribution in [-0.2, 0) is 12.8 Å². The molecule has 2 aromatic heterocycles. The summed E-state index contributed by atoms with van der Waals surface area (Å²) in [6, 6.07) is 10.5. The third-order valence-corrected chi connectivity index (χ3v) is 3.18. The van der Waals surface area contributed by atoms with Crippen molar-refractivity contribution in [2.45, 2.75) is 38.6 Å². The molecule has 1 atom stereocenters. The fraction of sp³-hybridized carbons (Fsp3) is 0.438. The van der Waals surface area contributed by atoms with Gasteiger partial charge in [0.15, 0.2) is 0 Å². The van der Waals surface area contributed by atoms with E-state index in [1.165, 1.54) is 0 Å². The number of aromatic nitrogens is 1. The van der Waals surface area contributed by atoms with Gasteiger partial charge in [-0.05, 0) is 43.7 Å². The first-order valence-electron chi connectivity index (χ1n) is 7.04. The fourth-order valence-electron chi connectivity index (χ4n) is 2.17. The van der Waals surface area contributed by atoms with Crippen molar-refractivity contribution in [3.05, 3.63) is 54.2 Å². The Morgan fingerprint density at radius 3 is 2.89 bits per heavy atom. The molecule has 0 aliphatic heterocycles. The van der Waals surface area contributed by atoms with E-state index < -0.39 is 0 Å². The second-order valence-corrected chi connectivity index (χ2v) is 4.79. The monoisotopic (exact) mass is 258 g/mol. The number of furan rings is 1. The number of rotatable bonds is 8. The van der Waals surface area contributed by atoms with Crippen molar-refractivity contribution in [1.82, 2.24) is 10.3 Å². The molecule has 0 saturated carbocycles. The van der Waals surface area contributed by atoms with Gasteiger partial charge in [-0.1, -0.05) is 13.0 Å². The van der Waals surface area contributed by atoms with Crippen LogP contribution in [0.1, 0.15) is 31.2 Å². The van der Waals surface area contributed by atoms with Crippen LogP contribution in [0, 0.1) is 0 Å². The lowest BCUT2D eigenvalue weighted by Crippen LogP contribution is -2.32. The molecule has 2 aromatic rings. The molecule has 0 saturated heterocycles. The molecule has 0 spiro atoms. The molecule has 3 heteroatoms. The van der Waals surface area contributed by atoms with Crippen molar-refractivity contribution >= 4 is 0 Å². The molecule has 2 heterocycles. The molecule has 0 bridgehead atoms. The van der Waals surface area contributed by atoms with Crippen LogP contribution in [0.15, 0.2) is 47.2 Å². The molecular weight excluding hydrogens is 236 g/mol. The Morgan fingerprint density at radius 1 is 1.26 bits per heavy atom. The molecule has 3 nitrogen and oxygen atoms in total. The third-order valence-electron chi connectivity index (χ3n) is 3.18. The molecule has 19 heavy (non-hydrogen) atoms. The summed E-state index contributed by atoms with van der Waals surface area (Å²) in [5.41, 5.74) is 1.15. The lowest BCUT2D eigenvalue weighted by molar-refractivity contribution is 0.439. The van der Waals surface area contributed by atoms with Gasteiger partial charge in [0.25, 0.3) is 0 Å². The van der Waals surface area contributed by atoms with Crippen LogP contribution in [0.2, 0.25) is 0 Å². The second-order valence-electron chi connectivity index (χ2n) is 4.79. The summed E-state index contributed by atoms with van der Waals surface area (Å²) in [6.07, 6.45) is 7.77. The number of pyridine rings is 1. The Balaban J connectivity index is 1.87. The van der Waals surface area contributed by atoms with Crippen LogP contribution < -0.4 is 5.32 Å². The first kappa shape index (κ1) is 13.8. The van der Waals surface area contributed by atoms with Gasteiger partial charge in [-0.25, -0.2) is 0 Å². The van der Waals surface area contributed by atoms with Crippen LogP contribution in [0.5, 0.6) is 0 Å². The second kappa shape index (κ2) is 7.74. The van der Waals surface area contributed by atoms with Crippen molar-refractivity contribution in [2.75, 3.05) is 6.54 Å². The van der Waals surface area contributed by atoms with E-state index in [1.54, 1.807) is 6.26 Å². The van der Waals surface area contributed by atoms with Crippen molar-refractivity contribution in [3.8, 4) is 0 Å². The van der Waals surface area contributed by atoms with Crippen LogP contribution in [0.25, 0.3) is 0 Å². The summed E-state index contributed by atoms with van der Waals surface area (Å²) in [6.45, 7) is 3.24. The maximum Gasteiger partial charge on any atom is 0.103 e. The molecular formula is C16H22N2O. The maximum absolute atomic E-state index is 5.40. The van der Waals surface area contributed by atoms with Gasteiger partial charge in [0.05, 0.1) is 6.26 Å². The Hall–Kier alpha value is -1.61. The number of nitrogens with one attached hydrogen (secondary N) is 1. The van der Waals surface area contributed by atoms with Gasteiger partial charge >= 0.3 is 0 Å².